The summed E-state index contributed by atoms with van der Waals surface area (Å²) in [6, 6.07) is 8.65. The molecule has 0 saturated carbocycles. The molecule has 3 N–H and O–H groups in total. The Morgan fingerprint density at radius 1 is 1.38 bits per heavy atom. The zero-order chi connectivity index (χ0) is 11.4. The Bertz CT molecular complexity index is 356. The van der Waals surface area contributed by atoms with E-state index < -0.39 is 0 Å². The van der Waals surface area contributed by atoms with E-state index in [9.17, 15) is 0 Å². The molecular formula is C12H16N2S2. The summed E-state index contributed by atoms with van der Waals surface area (Å²) in [5, 5.41) is 3.54. The van der Waals surface area contributed by atoms with E-state index in [2.05, 4.69) is 5.32 Å². The first-order chi connectivity index (χ1) is 7.75. The predicted octanol–water partition coefficient (Wildman–Crippen LogP) is 2.63. The van der Waals surface area contributed by atoms with Crippen molar-refractivity contribution >= 4 is 34.7 Å². The first-order valence-corrected chi connectivity index (χ1v) is 7.06. The van der Waals surface area contributed by atoms with E-state index in [1.807, 2.05) is 36.0 Å². The van der Waals surface area contributed by atoms with Crippen LogP contribution in [-0.2, 0) is 0 Å². The topological polar surface area (TPSA) is 38.0 Å². The van der Waals surface area contributed by atoms with E-state index in [4.69, 9.17) is 18.0 Å². The molecule has 0 spiro atoms. The van der Waals surface area contributed by atoms with Gasteiger partial charge in [0.1, 0.15) is 4.99 Å². The number of hydrogen-bond acceptors (Lipinski definition) is 3. The van der Waals surface area contributed by atoms with Gasteiger partial charge in [-0.05, 0) is 42.9 Å². The summed E-state index contributed by atoms with van der Waals surface area (Å²) in [7, 11) is 0. The van der Waals surface area contributed by atoms with E-state index >= 15 is 0 Å². The molecule has 2 nitrogen and oxygen atoms in total. The van der Waals surface area contributed by atoms with Gasteiger partial charge < -0.3 is 11.1 Å². The summed E-state index contributed by atoms with van der Waals surface area (Å²) >= 11 is 6.95. The molecule has 1 unspecified atom stereocenters. The average molecular weight is 252 g/mol. The molecule has 16 heavy (non-hydrogen) atoms. The van der Waals surface area contributed by atoms with Gasteiger partial charge in [0, 0.05) is 23.0 Å². The molecule has 1 aromatic carbocycles. The molecule has 1 heterocycles. The third kappa shape index (κ3) is 3.12. The van der Waals surface area contributed by atoms with Crippen molar-refractivity contribution in [1.82, 2.24) is 0 Å². The summed E-state index contributed by atoms with van der Waals surface area (Å²) in [5.74, 6) is 2.51. The molecule has 0 bridgehead atoms. The summed E-state index contributed by atoms with van der Waals surface area (Å²) in [6.07, 6.45) is 2.58. The number of rotatable bonds is 3. The number of benzene rings is 1. The third-order valence-electron chi connectivity index (χ3n) is 2.70. The number of anilines is 1. The highest BCUT2D eigenvalue weighted by Gasteiger charge is 2.12. The van der Waals surface area contributed by atoms with Crippen LogP contribution in [0.1, 0.15) is 18.4 Å². The fraction of sp³-hybridized carbons (Fsp3) is 0.417. The van der Waals surface area contributed by atoms with Gasteiger partial charge in [-0.25, -0.2) is 0 Å². The lowest BCUT2D eigenvalue weighted by atomic mass is 10.1. The summed E-state index contributed by atoms with van der Waals surface area (Å²) in [6.45, 7) is 0. The van der Waals surface area contributed by atoms with Crippen LogP contribution in [0.2, 0.25) is 0 Å². The lowest BCUT2D eigenvalue weighted by molar-refractivity contribution is 0.685. The smallest absolute Gasteiger partial charge is 0.103 e. The Hall–Kier alpha value is -0.740. The summed E-state index contributed by atoms with van der Waals surface area (Å²) in [5.41, 5.74) is 7.64. The van der Waals surface area contributed by atoms with Crippen molar-refractivity contribution in [3.8, 4) is 0 Å². The monoisotopic (exact) mass is 252 g/mol. The van der Waals surface area contributed by atoms with Crippen molar-refractivity contribution in [2.24, 2.45) is 5.73 Å². The van der Waals surface area contributed by atoms with Crippen LogP contribution in [0.4, 0.5) is 5.69 Å². The van der Waals surface area contributed by atoms with E-state index in [0.29, 0.717) is 11.0 Å². The van der Waals surface area contributed by atoms with E-state index in [0.717, 1.165) is 11.3 Å². The van der Waals surface area contributed by atoms with Gasteiger partial charge in [0.25, 0.3) is 0 Å². The molecule has 2 rings (SSSR count). The normalized spacial score (nSPS) is 20.4. The standard InChI is InChI=1S/C12H16N2S2/c13-12(15)9-3-5-10(6-4-9)14-11-2-1-7-16-8-11/h3-6,11,14H,1-2,7-8H2,(H2,13,15). The van der Waals surface area contributed by atoms with Crippen molar-refractivity contribution in [1.29, 1.82) is 0 Å². The first kappa shape index (κ1) is 11.7. The second-order valence-corrected chi connectivity index (χ2v) is 5.59. The van der Waals surface area contributed by atoms with Crippen molar-refractivity contribution in [2.75, 3.05) is 16.8 Å². The molecule has 1 atom stereocenters. The van der Waals surface area contributed by atoms with Gasteiger partial charge in [-0.1, -0.05) is 12.2 Å². The fourth-order valence-corrected chi connectivity index (χ4v) is 3.03. The van der Waals surface area contributed by atoms with E-state index in [1.165, 1.54) is 24.3 Å². The van der Waals surface area contributed by atoms with Crippen LogP contribution in [0, 0.1) is 0 Å². The van der Waals surface area contributed by atoms with Crippen molar-refractivity contribution in [3.63, 3.8) is 0 Å². The molecule has 1 saturated heterocycles. The Morgan fingerprint density at radius 3 is 2.69 bits per heavy atom. The Morgan fingerprint density at radius 2 is 2.12 bits per heavy atom. The van der Waals surface area contributed by atoms with Gasteiger partial charge in [0.2, 0.25) is 0 Å². The minimum atomic E-state index is 0.458. The summed E-state index contributed by atoms with van der Waals surface area (Å²) in [4.78, 5) is 0.458. The molecule has 1 fully saturated rings. The van der Waals surface area contributed by atoms with Crippen LogP contribution in [0.25, 0.3) is 0 Å². The number of hydrogen-bond donors (Lipinski definition) is 2. The quantitative estimate of drug-likeness (QED) is 0.811. The molecule has 1 aliphatic rings. The number of nitrogens with one attached hydrogen (secondary N) is 1. The second-order valence-electron chi connectivity index (χ2n) is 4.00. The highest BCUT2D eigenvalue weighted by molar-refractivity contribution is 7.99. The molecule has 0 aromatic heterocycles. The van der Waals surface area contributed by atoms with Gasteiger partial charge in [-0.3, -0.25) is 0 Å². The van der Waals surface area contributed by atoms with Crippen LogP contribution < -0.4 is 11.1 Å². The molecule has 1 aliphatic heterocycles. The first-order valence-electron chi connectivity index (χ1n) is 5.50. The number of thioether (sulfide) groups is 1. The highest BCUT2D eigenvalue weighted by Crippen LogP contribution is 2.21. The molecule has 86 valence electrons. The minimum Gasteiger partial charge on any atom is -0.389 e. The Kier molecular flexibility index (Phi) is 4.07. The van der Waals surface area contributed by atoms with Gasteiger partial charge in [-0.15, -0.1) is 0 Å². The van der Waals surface area contributed by atoms with Gasteiger partial charge in [-0.2, -0.15) is 11.8 Å². The van der Waals surface area contributed by atoms with Gasteiger partial charge >= 0.3 is 0 Å². The molecule has 4 heteroatoms. The zero-order valence-electron chi connectivity index (χ0n) is 9.11. The number of thiocarbonyl (C=S) groups is 1. The summed E-state index contributed by atoms with van der Waals surface area (Å²) < 4.78 is 0. The average Bonchev–Trinajstić information content (AvgIpc) is 2.31. The number of nitrogens with two attached hydrogens (primary N) is 1. The third-order valence-corrected chi connectivity index (χ3v) is 4.15. The Labute approximate surface area is 106 Å². The molecular weight excluding hydrogens is 236 g/mol. The van der Waals surface area contributed by atoms with Crippen LogP contribution in [0.5, 0.6) is 0 Å². The van der Waals surface area contributed by atoms with Crippen LogP contribution in [0.3, 0.4) is 0 Å². The SMILES string of the molecule is NC(=S)c1ccc(NC2CCCSC2)cc1. The molecule has 0 aliphatic carbocycles. The van der Waals surface area contributed by atoms with Crippen molar-refractivity contribution in [3.05, 3.63) is 29.8 Å². The lowest BCUT2D eigenvalue weighted by Crippen LogP contribution is -2.25. The van der Waals surface area contributed by atoms with Crippen molar-refractivity contribution in [2.45, 2.75) is 18.9 Å². The van der Waals surface area contributed by atoms with Crippen LogP contribution >= 0.6 is 24.0 Å². The second kappa shape index (κ2) is 5.55. The molecule has 1 aromatic rings. The van der Waals surface area contributed by atoms with Crippen LogP contribution in [-0.4, -0.2) is 22.5 Å². The van der Waals surface area contributed by atoms with Gasteiger partial charge in [0.15, 0.2) is 0 Å². The molecule has 0 amide bonds. The van der Waals surface area contributed by atoms with Crippen molar-refractivity contribution < 1.29 is 0 Å². The minimum absolute atomic E-state index is 0.458. The maximum absolute atomic E-state index is 5.56. The van der Waals surface area contributed by atoms with Crippen LogP contribution in [0.15, 0.2) is 24.3 Å². The fourth-order valence-electron chi connectivity index (χ4n) is 1.82. The van der Waals surface area contributed by atoms with Gasteiger partial charge in [0.05, 0.1) is 0 Å². The molecule has 0 radical (unpaired) electrons. The lowest BCUT2D eigenvalue weighted by Gasteiger charge is -2.23. The largest absolute Gasteiger partial charge is 0.389 e. The zero-order valence-corrected chi connectivity index (χ0v) is 10.7. The maximum Gasteiger partial charge on any atom is 0.103 e. The van der Waals surface area contributed by atoms with E-state index in [1.54, 1.807) is 0 Å². The highest BCUT2D eigenvalue weighted by atomic mass is 32.2. The maximum atomic E-state index is 5.56. The van der Waals surface area contributed by atoms with E-state index in [-0.39, 0.29) is 0 Å². The predicted molar refractivity (Wildman–Crippen MR) is 76.3 cm³/mol. The Balaban J connectivity index is 1.96.